The van der Waals surface area contributed by atoms with Crippen molar-refractivity contribution in [1.29, 1.82) is 0 Å². The van der Waals surface area contributed by atoms with Crippen LogP contribution in [-0.4, -0.2) is 25.1 Å². The molecule has 0 aliphatic carbocycles. The smallest absolute Gasteiger partial charge is 0.316 e. The summed E-state index contributed by atoms with van der Waals surface area (Å²) >= 11 is 4.00. The molecule has 0 spiro atoms. The lowest BCUT2D eigenvalue weighted by atomic mass is 10.3. The number of hydrogen-bond acceptors (Lipinski definition) is 2. The van der Waals surface area contributed by atoms with E-state index >= 15 is 0 Å². The highest BCUT2D eigenvalue weighted by molar-refractivity contribution is 7.82. The van der Waals surface area contributed by atoms with Gasteiger partial charge in [0.1, 0.15) is 5.25 Å². The molecule has 0 aromatic heterocycles. The van der Waals surface area contributed by atoms with Crippen LogP contribution in [0, 0.1) is 0 Å². The molecule has 11 heavy (non-hydrogen) atoms. The topological polar surface area (TPSA) is 37.3 Å². The quantitative estimate of drug-likeness (QED) is 0.399. The average Bonchev–Trinajstić information content (AvgIpc) is 1.88. The maximum absolute atomic E-state index is 10.5. The van der Waals surface area contributed by atoms with E-state index in [0.717, 1.165) is 0 Å². The maximum Gasteiger partial charge on any atom is 0.316 e. The second-order valence-electron chi connectivity index (χ2n) is 2.84. The van der Waals surface area contributed by atoms with Gasteiger partial charge in [-0.3, -0.25) is 4.79 Å². The molecule has 2 unspecified atom stereocenters. The number of carboxylic acid groups (broad SMARTS) is 1. The zero-order valence-electron chi connectivity index (χ0n) is 6.82. The standard InChI is InChI=1S/C7H14O2SSi/c1-4-5(11(2)3)6(10)7(8)9/h4-6,10-11H,1H2,2-3H3,(H,8,9). The summed E-state index contributed by atoms with van der Waals surface area (Å²) in [5.74, 6) is -0.848. The van der Waals surface area contributed by atoms with Crippen LogP contribution in [0.25, 0.3) is 0 Å². The molecule has 64 valence electrons. The van der Waals surface area contributed by atoms with E-state index in [2.05, 4.69) is 32.3 Å². The van der Waals surface area contributed by atoms with Crippen molar-refractivity contribution in [3.05, 3.63) is 12.7 Å². The zero-order valence-corrected chi connectivity index (χ0v) is 8.87. The number of aliphatic carboxylic acids is 1. The Hall–Kier alpha value is -0.223. The summed E-state index contributed by atoms with van der Waals surface area (Å²) in [6.45, 7) is 7.80. The van der Waals surface area contributed by atoms with Crippen molar-refractivity contribution in [2.24, 2.45) is 0 Å². The Balaban J connectivity index is 4.25. The van der Waals surface area contributed by atoms with Crippen LogP contribution >= 0.6 is 12.6 Å². The van der Waals surface area contributed by atoms with Crippen molar-refractivity contribution in [3.8, 4) is 0 Å². The third-order valence-corrected chi connectivity index (χ3v) is 4.75. The van der Waals surface area contributed by atoms with Gasteiger partial charge in [-0.1, -0.05) is 19.2 Å². The maximum atomic E-state index is 10.5. The number of allylic oxidation sites excluding steroid dienone is 1. The molecule has 0 aliphatic rings. The fourth-order valence-corrected chi connectivity index (χ4v) is 3.52. The van der Waals surface area contributed by atoms with E-state index in [9.17, 15) is 4.79 Å². The monoisotopic (exact) mass is 190 g/mol. The van der Waals surface area contributed by atoms with Crippen molar-refractivity contribution >= 4 is 27.4 Å². The molecular formula is C7H14O2SSi. The van der Waals surface area contributed by atoms with Crippen LogP contribution in [-0.2, 0) is 4.79 Å². The summed E-state index contributed by atoms with van der Waals surface area (Å²) in [4.78, 5) is 10.5. The Morgan fingerprint density at radius 2 is 2.18 bits per heavy atom. The van der Waals surface area contributed by atoms with Crippen LogP contribution in [0.1, 0.15) is 0 Å². The van der Waals surface area contributed by atoms with E-state index in [-0.39, 0.29) is 5.54 Å². The van der Waals surface area contributed by atoms with Crippen molar-refractivity contribution in [3.63, 3.8) is 0 Å². The van der Waals surface area contributed by atoms with E-state index < -0.39 is 20.0 Å². The van der Waals surface area contributed by atoms with Crippen molar-refractivity contribution < 1.29 is 9.90 Å². The van der Waals surface area contributed by atoms with E-state index in [1.54, 1.807) is 6.08 Å². The molecule has 0 rings (SSSR count). The predicted octanol–water partition coefficient (Wildman–Crippen LogP) is 1.41. The molecule has 0 heterocycles. The summed E-state index contributed by atoms with van der Waals surface area (Å²) in [6.07, 6.45) is 1.71. The van der Waals surface area contributed by atoms with Crippen LogP contribution in [0.15, 0.2) is 12.7 Å². The van der Waals surface area contributed by atoms with Gasteiger partial charge >= 0.3 is 5.97 Å². The van der Waals surface area contributed by atoms with E-state index in [0.29, 0.717) is 0 Å². The lowest BCUT2D eigenvalue weighted by Gasteiger charge is -2.18. The Bertz CT molecular complexity index is 159. The van der Waals surface area contributed by atoms with Crippen LogP contribution in [0.2, 0.25) is 18.6 Å². The highest BCUT2D eigenvalue weighted by Crippen LogP contribution is 2.21. The molecule has 4 heteroatoms. The largest absolute Gasteiger partial charge is 0.480 e. The van der Waals surface area contributed by atoms with Gasteiger partial charge in [0.15, 0.2) is 0 Å². The highest BCUT2D eigenvalue weighted by Gasteiger charge is 2.24. The fraction of sp³-hybridized carbons (Fsp3) is 0.571. The SMILES string of the molecule is C=CC(C(S)C(=O)O)[SiH](C)C. The normalized spacial score (nSPS) is 16.0. The molecule has 1 N–H and O–H groups in total. The van der Waals surface area contributed by atoms with Gasteiger partial charge in [-0.2, -0.15) is 12.6 Å². The minimum atomic E-state index is -0.975. The van der Waals surface area contributed by atoms with Crippen molar-refractivity contribution in [1.82, 2.24) is 0 Å². The molecule has 0 amide bonds. The van der Waals surface area contributed by atoms with Gasteiger partial charge in [-0.25, -0.2) is 0 Å². The first-order valence-corrected chi connectivity index (χ1v) is 7.03. The molecule has 2 atom stereocenters. The number of hydrogen-bond donors (Lipinski definition) is 2. The Labute approximate surface area is 74.3 Å². The summed E-state index contributed by atoms with van der Waals surface area (Å²) in [5.41, 5.74) is 0.0795. The van der Waals surface area contributed by atoms with Crippen LogP contribution < -0.4 is 0 Å². The molecule has 0 saturated carbocycles. The van der Waals surface area contributed by atoms with Gasteiger partial charge < -0.3 is 5.11 Å². The minimum Gasteiger partial charge on any atom is -0.480 e. The van der Waals surface area contributed by atoms with Gasteiger partial charge in [0.25, 0.3) is 0 Å². The fourth-order valence-electron chi connectivity index (χ4n) is 0.930. The molecule has 0 radical (unpaired) electrons. The molecule has 0 aromatic carbocycles. The average molecular weight is 190 g/mol. The molecule has 0 saturated heterocycles. The Morgan fingerprint density at radius 1 is 1.73 bits per heavy atom. The number of rotatable bonds is 4. The van der Waals surface area contributed by atoms with Crippen LogP contribution in [0.3, 0.4) is 0 Å². The highest BCUT2D eigenvalue weighted by atomic mass is 32.1. The lowest BCUT2D eigenvalue weighted by Crippen LogP contribution is -2.26. The summed E-state index contributed by atoms with van der Waals surface area (Å²) < 4.78 is 0. The van der Waals surface area contributed by atoms with Gasteiger partial charge in [-0.05, 0) is 5.54 Å². The third kappa shape index (κ3) is 3.12. The van der Waals surface area contributed by atoms with Gasteiger partial charge in [0.05, 0.1) is 0 Å². The first kappa shape index (κ1) is 10.8. The second kappa shape index (κ2) is 4.61. The van der Waals surface area contributed by atoms with Crippen molar-refractivity contribution in [2.45, 2.75) is 23.9 Å². The number of carbonyl (C=O) groups is 1. The minimum absolute atomic E-state index is 0.0795. The molecule has 0 aliphatic heterocycles. The molecule has 2 nitrogen and oxygen atoms in total. The van der Waals surface area contributed by atoms with Gasteiger partial charge in [0, 0.05) is 8.80 Å². The van der Waals surface area contributed by atoms with Crippen LogP contribution in [0.4, 0.5) is 0 Å². The summed E-state index contributed by atoms with van der Waals surface area (Å²) in [6, 6.07) is 0. The summed E-state index contributed by atoms with van der Waals surface area (Å²) in [7, 11) is -0.975. The third-order valence-electron chi connectivity index (χ3n) is 1.66. The van der Waals surface area contributed by atoms with Gasteiger partial charge in [0.2, 0.25) is 0 Å². The van der Waals surface area contributed by atoms with Crippen LogP contribution in [0.5, 0.6) is 0 Å². The van der Waals surface area contributed by atoms with Crippen molar-refractivity contribution in [2.75, 3.05) is 0 Å². The lowest BCUT2D eigenvalue weighted by molar-refractivity contribution is -0.136. The predicted molar refractivity (Wildman–Crippen MR) is 53.2 cm³/mol. The van der Waals surface area contributed by atoms with E-state index in [1.807, 2.05) is 0 Å². The summed E-state index contributed by atoms with van der Waals surface area (Å²) in [5, 5.41) is 8.06. The number of carboxylic acids is 1. The zero-order chi connectivity index (χ0) is 9.02. The molecule has 0 bridgehead atoms. The molecule has 0 fully saturated rings. The number of thiol groups is 1. The van der Waals surface area contributed by atoms with E-state index in [1.165, 1.54) is 0 Å². The first-order chi connectivity index (χ1) is 5.00. The Morgan fingerprint density at radius 3 is 2.27 bits per heavy atom. The van der Waals surface area contributed by atoms with E-state index in [4.69, 9.17) is 5.11 Å². The first-order valence-electron chi connectivity index (χ1n) is 3.54. The molecule has 0 aromatic rings. The Kier molecular flexibility index (Phi) is 4.52. The second-order valence-corrected chi connectivity index (χ2v) is 6.65. The van der Waals surface area contributed by atoms with Gasteiger partial charge in [-0.15, -0.1) is 6.58 Å². The molecular weight excluding hydrogens is 176 g/mol.